The standard InChI is InChI=1S/C16H21FN2O3S/c1-18-15(20)8-4-9-16(18)10-5-11-19(12-16)23(21,22)14-7-3-2-6-13(14)17/h2-3,6-7H,4-5,8-12H2,1H3/t16-/m1/s1. The maximum absolute atomic E-state index is 13.9. The van der Waals surface area contributed by atoms with Crippen LogP contribution in [0.3, 0.4) is 0 Å². The molecule has 3 rings (SSSR count). The summed E-state index contributed by atoms with van der Waals surface area (Å²) < 4.78 is 40.9. The predicted molar refractivity (Wildman–Crippen MR) is 83.7 cm³/mol. The Morgan fingerprint density at radius 2 is 1.87 bits per heavy atom. The molecule has 0 unspecified atom stereocenters. The van der Waals surface area contributed by atoms with Gasteiger partial charge in [0.1, 0.15) is 10.7 Å². The highest BCUT2D eigenvalue weighted by Crippen LogP contribution is 2.37. The van der Waals surface area contributed by atoms with Gasteiger partial charge in [0.05, 0.1) is 5.54 Å². The van der Waals surface area contributed by atoms with Gasteiger partial charge in [-0.1, -0.05) is 12.1 Å². The van der Waals surface area contributed by atoms with Crippen LogP contribution in [0, 0.1) is 5.82 Å². The van der Waals surface area contributed by atoms with E-state index in [4.69, 9.17) is 0 Å². The minimum atomic E-state index is -3.89. The molecule has 0 aliphatic carbocycles. The van der Waals surface area contributed by atoms with Crippen molar-refractivity contribution < 1.29 is 17.6 Å². The second kappa shape index (κ2) is 5.87. The summed E-state index contributed by atoms with van der Waals surface area (Å²) in [6.07, 6.45) is 3.54. The Kier molecular flexibility index (Phi) is 4.18. The quantitative estimate of drug-likeness (QED) is 0.827. The van der Waals surface area contributed by atoms with Gasteiger partial charge in [0, 0.05) is 26.6 Å². The number of rotatable bonds is 2. The lowest BCUT2D eigenvalue weighted by Gasteiger charge is -2.50. The smallest absolute Gasteiger partial charge is 0.246 e. The highest BCUT2D eigenvalue weighted by Gasteiger charge is 2.46. The lowest BCUT2D eigenvalue weighted by atomic mass is 9.81. The fourth-order valence-electron chi connectivity index (χ4n) is 3.72. The molecule has 7 heteroatoms. The lowest BCUT2D eigenvalue weighted by Crippen LogP contribution is -2.61. The summed E-state index contributed by atoms with van der Waals surface area (Å²) in [6.45, 7) is 0.604. The van der Waals surface area contributed by atoms with Crippen LogP contribution in [0.5, 0.6) is 0 Å². The molecule has 2 aliphatic rings. The van der Waals surface area contributed by atoms with E-state index in [-0.39, 0.29) is 17.3 Å². The van der Waals surface area contributed by atoms with Crippen LogP contribution in [0.2, 0.25) is 0 Å². The van der Waals surface area contributed by atoms with Gasteiger partial charge < -0.3 is 4.90 Å². The van der Waals surface area contributed by atoms with E-state index in [1.54, 1.807) is 11.9 Å². The highest BCUT2D eigenvalue weighted by atomic mass is 32.2. The molecule has 5 nitrogen and oxygen atoms in total. The molecule has 1 spiro atoms. The number of carbonyl (C=O) groups is 1. The van der Waals surface area contributed by atoms with Crippen LogP contribution in [0.15, 0.2) is 29.2 Å². The minimum Gasteiger partial charge on any atom is -0.339 e. The van der Waals surface area contributed by atoms with Gasteiger partial charge in [0.15, 0.2) is 0 Å². The second-order valence-corrected chi connectivity index (χ2v) is 8.31. The Labute approximate surface area is 136 Å². The number of hydrogen-bond donors (Lipinski definition) is 0. The van der Waals surface area contributed by atoms with Crippen molar-refractivity contribution in [3.63, 3.8) is 0 Å². The molecule has 0 radical (unpaired) electrons. The minimum absolute atomic E-state index is 0.0568. The van der Waals surface area contributed by atoms with Crippen molar-refractivity contribution in [2.24, 2.45) is 0 Å². The fourth-order valence-corrected chi connectivity index (χ4v) is 5.34. The van der Waals surface area contributed by atoms with Crippen molar-refractivity contribution in [1.82, 2.24) is 9.21 Å². The van der Waals surface area contributed by atoms with Crippen LogP contribution in [-0.2, 0) is 14.8 Å². The zero-order chi connectivity index (χ0) is 16.7. The summed E-state index contributed by atoms with van der Waals surface area (Å²) >= 11 is 0. The van der Waals surface area contributed by atoms with Crippen molar-refractivity contribution >= 4 is 15.9 Å². The van der Waals surface area contributed by atoms with Gasteiger partial charge in [-0.2, -0.15) is 4.31 Å². The van der Waals surface area contributed by atoms with Crippen LogP contribution < -0.4 is 0 Å². The molecule has 2 heterocycles. The van der Waals surface area contributed by atoms with E-state index < -0.39 is 21.4 Å². The van der Waals surface area contributed by atoms with E-state index in [2.05, 4.69) is 0 Å². The number of hydrogen-bond acceptors (Lipinski definition) is 3. The summed E-state index contributed by atoms with van der Waals surface area (Å²) in [5.74, 6) is -0.679. The second-order valence-electron chi connectivity index (χ2n) is 6.40. The Bertz CT molecular complexity index is 718. The number of likely N-dealkylation sites (tertiary alicyclic amines) is 1. The summed E-state index contributed by atoms with van der Waals surface area (Å²) in [4.78, 5) is 13.5. The van der Waals surface area contributed by atoms with Crippen molar-refractivity contribution in [3.05, 3.63) is 30.1 Å². The zero-order valence-electron chi connectivity index (χ0n) is 13.2. The van der Waals surface area contributed by atoms with Crippen molar-refractivity contribution in [2.45, 2.75) is 42.5 Å². The number of sulfonamides is 1. The van der Waals surface area contributed by atoms with E-state index in [0.29, 0.717) is 19.4 Å². The Morgan fingerprint density at radius 1 is 1.17 bits per heavy atom. The van der Waals surface area contributed by atoms with E-state index >= 15 is 0 Å². The van der Waals surface area contributed by atoms with E-state index in [9.17, 15) is 17.6 Å². The highest BCUT2D eigenvalue weighted by molar-refractivity contribution is 7.89. The first-order chi connectivity index (χ1) is 10.9. The van der Waals surface area contributed by atoms with Gasteiger partial charge in [-0.25, -0.2) is 12.8 Å². The van der Waals surface area contributed by atoms with E-state index in [0.717, 1.165) is 25.3 Å². The molecular formula is C16H21FN2O3S. The van der Waals surface area contributed by atoms with Crippen molar-refractivity contribution in [2.75, 3.05) is 20.1 Å². The molecule has 1 aromatic rings. The Morgan fingerprint density at radius 3 is 2.61 bits per heavy atom. The molecular weight excluding hydrogens is 319 g/mol. The van der Waals surface area contributed by atoms with Crippen LogP contribution in [-0.4, -0.2) is 49.2 Å². The Hall–Kier alpha value is -1.47. The molecule has 1 amide bonds. The van der Waals surface area contributed by atoms with Gasteiger partial charge >= 0.3 is 0 Å². The SMILES string of the molecule is CN1C(=O)CCC[C@]12CCCN(S(=O)(=O)c1ccccc1F)C2. The third-order valence-electron chi connectivity index (χ3n) is 5.09. The first-order valence-electron chi connectivity index (χ1n) is 7.88. The van der Waals surface area contributed by atoms with Crippen LogP contribution in [0.25, 0.3) is 0 Å². The monoisotopic (exact) mass is 340 g/mol. The molecule has 1 atom stereocenters. The third-order valence-corrected chi connectivity index (χ3v) is 6.97. The average molecular weight is 340 g/mol. The Balaban J connectivity index is 1.92. The van der Waals surface area contributed by atoms with Gasteiger partial charge in [0.25, 0.3) is 0 Å². The molecule has 0 bridgehead atoms. The number of nitrogens with zero attached hydrogens (tertiary/aromatic N) is 2. The number of likely N-dealkylation sites (N-methyl/N-ethyl adjacent to an activating group) is 1. The zero-order valence-corrected chi connectivity index (χ0v) is 14.0. The van der Waals surface area contributed by atoms with Crippen LogP contribution >= 0.6 is 0 Å². The van der Waals surface area contributed by atoms with Crippen LogP contribution in [0.4, 0.5) is 4.39 Å². The largest absolute Gasteiger partial charge is 0.339 e. The molecule has 2 aliphatic heterocycles. The third kappa shape index (κ3) is 2.76. The topological polar surface area (TPSA) is 57.7 Å². The molecule has 0 saturated carbocycles. The number of halogens is 1. The molecule has 0 N–H and O–H groups in total. The van der Waals surface area contributed by atoms with Gasteiger partial charge in [0.2, 0.25) is 15.9 Å². The van der Waals surface area contributed by atoms with E-state index in [1.807, 2.05) is 0 Å². The van der Waals surface area contributed by atoms with Gasteiger partial charge in [-0.15, -0.1) is 0 Å². The lowest BCUT2D eigenvalue weighted by molar-refractivity contribution is -0.141. The maximum atomic E-state index is 13.9. The van der Waals surface area contributed by atoms with E-state index in [1.165, 1.54) is 22.5 Å². The number of benzene rings is 1. The molecule has 23 heavy (non-hydrogen) atoms. The molecule has 126 valence electrons. The first kappa shape index (κ1) is 16.4. The van der Waals surface area contributed by atoms with Crippen molar-refractivity contribution in [3.8, 4) is 0 Å². The summed E-state index contributed by atoms with van der Waals surface area (Å²) in [6, 6.07) is 5.44. The number of amides is 1. The molecule has 1 aromatic carbocycles. The summed E-state index contributed by atoms with van der Waals surface area (Å²) in [7, 11) is -2.14. The van der Waals surface area contributed by atoms with Crippen LogP contribution in [0.1, 0.15) is 32.1 Å². The fraction of sp³-hybridized carbons (Fsp3) is 0.562. The molecule has 2 fully saturated rings. The molecule has 0 aromatic heterocycles. The first-order valence-corrected chi connectivity index (χ1v) is 9.32. The number of carbonyl (C=O) groups excluding carboxylic acids is 1. The normalized spacial score (nSPS) is 26.7. The van der Waals surface area contributed by atoms with Gasteiger partial charge in [-0.05, 0) is 37.8 Å². The van der Waals surface area contributed by atoms with Gasteiger partial charge in [-0.3, -0.25) is 4.79 Å². The summed E-state index contributed by atoms with van der Waals surface area (Å²) in [5.41, 5.74) is -0.452. The summed E-state index contributed by atoms with van der Waals surface area (Å²) in [5, 5.41) is 0. The average Bonchev–Trinajstić information content (AvgIpc) is 2.53. The van der Waals surface area contributed by atoms with Crippen molar-refractivity contribution in [1.29, 1.82) is 0 Å². The number of piperidine rings is 2. The molecule has 2 saturated heterocycles. The predicted octanol–water partition coefficient (Wildman–Crippen LogP) is 1.99. The maximum Gasteiger partial charge on any atom is 0.246 e.